The standard InChI is InChI=1S/C17H25N5O/c1-11(2)10-22-13(4)14(12(3)20-22)8-17(23)21-7-5-6-15-16(21)9-18-19-15/h9,11H,5-8,10H2,1-4H3,(H,18,19). The average Bonchev–Trinajstić information content (AvgIpc) is 3.07. The zero-order chi connectivity index (χ0) is 16.6. The molecular weight excluding hydrogens is 290 g/mol. The maximum atomic E-state index is 12.8. The second-order valence-corrected chi connectivity index (χ2v) is 6.78. The third-order valence-electron chi connectivity index (χ3n) is 4.49. The van der Waals surface area contributed by atoms with Gasteiger partial charge in [0.15, 0.2) is 0 Å². The summed E-state index contributed by atoms with van der Waals surface area (Å²) < 4.78 is 2.03. The molecule has 0 bridgehead atoms. The van der Waals surface area contributed by atoms with Gasteiger partial charge >= 0.3 is 0 Å². The van der Waals surface area contributed by atoms with Gasteiger partial charge in [0.05, 0.1) is 29.7 Å². The van der Waals surface area contributed by atoms with Crippen molar-refractivity contribution in [3.8, 4) is 0 Å². The predicted octanol–water partition coefficient (Wildman–Crippen LogP) is 2.40. The van der Waals surface area contributed by atoms with E-state index in [1.165, 1.54) is 0 Å². The normalized spacial score (nSPS) is 14.4. The van der Waals surface area contributed by atoms with E-state index in [0.29, 0.717) is 12.3 Å². The van der Waals surface area contributed by atoms with E-state index in [1.54, 1.807) is 6.20 Å². The summed E-state index contributed by atoms with van der Waals surface area (Å²) in [4.78, 5) is 14.7. The maximum Gasteiger partial charge on any atom is 0.231 e. The highest BCUT2D eigenvalue weighted by atomic mass is 16.2. The summed E-state index contributed by atoms with van der Waals surface area (Å²) >= 11 is 0. The van der Waals surface area contributed by atoms with Crippen LogP contribution >= 0.6 is 0 Å². The highest BCUT2D eigenvalue weighted by Gasteiger charge is 2.25. The van der Waals surface area contributed by atoms with E-state index in [9.17, 15) is 4.79 Å². The highest BCUT2D eigenvalue weighted by molar-refractivity contribution is 5.95. The first kappa shape index (κ1) is 15.8. The van der Waals surface area contributed by atoms with Crippen LogP contribution in [0.15, 0.2) is 6.20 Å². The number of nitrogens with one attached hydrogen (secondary N) is 1. The van der Waals surface area contributed by atoms with E-state index in [4.69, 9.17) is 0 Å². The van der Waals surface area contributed by atoms with Crippen molar-refractivity contribution in [2.45, 2.75) is 53.5 Å². The molecule has 6 nitrogen and oxygen atoms in total. The molecule has 6 heteroatoms. The van der Waals surface area contributed by atoms with Crippen LogP contribution in [0.2, 0.25) is 0 Å². The number of hydrogen-bond donors (Lipinski definition) is 1. The number of amides is 1. The summed E-state index contributed by atoms with van der Waals surface area (Å²) in [6, 6.07) is 0. The number of hydrogen-bond acceptors (Lipinski definition) is 3. The fourth-order valence-electron chi connectivity index (χ4n) is 3.28. The van der Waals surface area contributed by atoms with Gasteiger partial charge in [0.1, 0.15) is 0 Å². The lowest BCUT2D eigenvalue weighted by atomic mass is 10.1. The zero-order valence-corrected chi connectivity index (χ0v) is 14.4. The van der Waals surface area contributed by atoms with Crippen molar-refractivity contribution in [1.29, 1.82) is 0 Å². The Hall–Kier alpha value is -2.11. The molecule has 0 radical (unpaired) electrons. The maximum absolute atomic E-state index is 12.8. The number of carbonyl (C=O) groups excluding carboxylic acids is 1. The number of fused-ring (bicyclic) bond motifs is 1. The second kappa shape index (κ2) is 6.18. The van der Waals surface area contributed by atoms with Gasteiger partial charge in [0.2, 0.25) is 5.91 Å². The number of anilines is 1. The van der Waals surface area contributed by atoms with Crippen LogP contribution in [0.1, 0.15) is 42.9 Å². The van der Waals surface area contributed by atoms with Gasteiger partial charge in [-0.3, -0.25) is 14.6 Å². The van der Waals surface area contributed by atoms with E-state index in [1.807, 2.05) is 16.5 Å². The third-order valence-corrected chi connectivity index (χ3v) is 4.49. The predicted molar refractivity (Wildman–Crippen MR) is 89.5 cm³/mol. The van der Waals surface area contributed by atoms with Crippen LogP contribution in [0.3, 0.4) is 0 Å². The van der Waals surface area contributed by atoms with E-state index >= 15 is 0 Å². The molecule has 0 atom stereocenters. The first-order chi connectivity index (χ1) is 11.0. The summed E-state index contributed by atoms with van der Waals surface area (Å²) in [7, 11) is 0. The fraction of sp³-hybridized carbons (Fsp3) is 0.588. The molecule has 0 unspecified atom stereocenters. The number of nitrogens with zero attached hydrogens (tertiary/aromatic N) is 4. The van der Waals surface area contributed by atoms with Crippen molar-refractivity contribution >= 4 is 11.6 Å². The van der Waals surface area contributed by atoms with Crippen LogP contribution in [0.25, 0.3) is 0 Å². The van der Waals surface area contributed by atoms with Crippen molar-refractivity contribution in [2.75, 3.05) is 11.4 Å². The molecule has 0 aliphatic carbocycles. The van der Waals surface area contributed by atoms with Crippen molar-refractivity contribution < 1.29 is 4.79 Å². The highest BCUT2D eigenvalue weighted by Crippen LogP contribution is 2.26. The molecule has 3 heterocycles. The fourth-order valence-corrected chi connectivity index (χ4v) is 3.28. The quantitative estimate of drug-likeness (QED) is 0.942. The van der Waals surface area contributed by atoms with Crippen LogP contribution in [-0.2, 0) is 24.2 Å². The summed E-state index contributed by atoms with van der Waals surface area (Å²) in [5, 5.41) is 11.7. The lowest BCUT2D eigenvalue weighted by Gasteiger charge is -2.26. The van der Waals surface area contributed by atoms with Crippen molar-refractivity contribution in [3.05, 3.63) is 28.8 Å². The molecule has 0 aromatic carbocycles. The zero-order valence-electron chi connectivity index (χ0n) is 14.4. The van der Waals surface area contributed by atoms with Crippen LogP contribution in [-0.4, -0.2) is 32.4 Å². The lowest BCUT2D eigenvalue weighted by molar-refractivity contribution is -0.118. The molecule has 0 fully saturated rings. The van der Waals surface area contributed by atoms with Gasteiger partial charge < -0.3 is 4.90 Å². The van der Waals surface area contributed by atoms with Crippen molar-refractivity contribution in [3.63, 3.8) is 0 Å². The Bertz CT molecular complexity index is 713. The van der Waals surface area contributed by atoms with Gasteiger partial charge in [-0.2, -0.15) is 10.2 Å². The largest absolute Gasteiger partial charge is 0.309 e. The van der Waals surface area contributed by atoms with Crippen LogP contribution in [0.5, 0.6) is 0 Å². The summed E-state index contributed by atoms with van der Waals surface area (Å²) in [5.74, 6) is 0.662. The SMILES string of the molecule is Cc1nn(CC(C)C)c(C)c1CC(=O)N1CCCc2[nH]ncc21. The third kappa shape index (κ3) is 3.02. The molecule has 1 N–H and O–H groups in total. The molecule has 0 saturated carbocycles. The van der Waals surface area contributed by atoms with Crippen molar-refractivity contribution in [1.82, 2.24) is 20.0 Å². The van der Waals surface area contributed by atoms with Crippen LogP contribution in [0.4, 0.5) is 5.69 Å². The monoisotopic (exact) mass is 315 g/mol. The Labute approximate surface area is 136 Å². The molecule has 0 spiro atoms. The molecular formula is C17H25N5O. The molecule has 2 aromatic rings. The summed E-state index contributed by atoms with van der Waals surface area (Å²) in [6.07, 6.45) is 4.10. The molecule has 124 valence electrons. The number of aromatic nitrogens is 4. The minimum absolute atomic E-state index is 0.127. The summed E-state index contributed by atoms with van der Waals surface area (Å²) in [5.41, 5.74) is 5.13. The number of H-pyrrole nitrogens is 1. The van der Waals surface area contributed by atoms with Gasteiger partial charge in [0.25, 0.3) is 0 Å². The van der Waals surface area contributed by atoms with E-state index in [0.717, 1.165) is 54.3 Å². The van der Waals surface area contributed by atoms with Gasteiger partial charge in [-0.1, -0.05) is 13.8 Å². The molecule has 23 heavy (non-hydrogen) atoms. The first-order valence-electron chi connectivity index (χ1n) is 8.33. The van der Waals surface area contributed by atoms with Crippen LogP contribution < -0.4 is 4.90 Å². The second-order valence-electron chi connectivity index (χ2n) is 6.78. The number of carbonyl (C=O) groups is 1. The Morgan fingerprint density at radius 2 is 2.17 bits per heavy atom. The molecule has 3 rings (SSSR count). The Kier molecular flexibility index (Phi) is 4.24. The van der Waals surface area contributed by atoms with Crippen LogP contribution in [0, 0.1) is 19.8 Å². The minimum Gasteiger partial charge on any atom is -0.309 e. The van der Waals surface area contributed by atoms with Gasteiger partial charge in [-0.25, -0.2) is 0 Å². The molecule has 1 aliphatic rings. The average molecular weight is 315 g/mol. The Morgan fingerprint density at radius 3 is 2.91 bits per heavy atom. The van der Waals surface area contributed by atoms with E-state index < -0.39 is 0 Å². The van der Waals surface area contributed by atoms with Crippen molar-refractivity contribution in [2.24, 2.45) is 5.92 Å². The van der Waals surface area contributed by atoms with Gasteiger partial charge in [-0.05, 0) is 32.6 Å². The summed E-state index contributed by atoms with van der Waals surface area (Å²) in [6.45, 7) is 10.1. The minimum atomic E-state index is 0.127. The Morgan fingerprint density at radius 1 is 1.39 bits per heavy atom. The number of rotatable bonds is 4. The first-order valence-corrected chi connectivity index (χ1v) is 8.33. The van der Waals surface area contributed by atoms with E-state index in [2.05, 4.69) is 36.1 Å². The van der Waals surface area contributed by atoms with Gasteiger partial charge in [0, 0.05) is 24.3 Å². The van der Waals surface area contributed by atoms with Gasteiger partial charge in [-0.15, -0.1) is 0 Å². The topological polar surface area (TPSA) is 66.8 Å². The smallest absolute Gasteiger partial charge is 0.231 e. The number of aryl methyl sites for hydroxylation is 2. The Balaban J connectivity index is 1.81. The van der Waals surface area contributed by atoms with E-state index in [-0.39, 0.29) is 5.91 Å². The molecule has 2 aromatic heterocycles. The molecule has 0 saturated heterocycles. The molecule has 1 amide bonds. The molecule has 1 aliphatic heterocycles. The lowest BCUT2D eigenvalue weighted by Crippen LogP contribution is -2.36. The number of aromatic amines is 1.